The van der Waals surface area contributed by atoms with Crippen LogP contribution in [0, 0.1) is 0 Å². The van der Waals surface area contributed by atoms with Crippen LogP contribution in [0.2, 0.25) is 0 Å². The fourth-order valence-corrected chi connectivity index (χ4v) is 1.47. The van der Waals surface area contributed by atoms with Crippen LogP contribution in [-0.2, 0) is 19.0 Å². The topological polar surface area (TPSA) is 93.5 Å². The van der Waals surface area contributed by atoms with Gasteiger partial charge in [0.15, 0.2) is 11.5 Å². The van der Waals surface area contributed by atoms with Crippen molar-refractivity contribution in [3.05, 3.63) is 22.0 Å². The van der Waals surface area contributed by atoms with Crippen molar-refractivity contribution in [2.24, 2.45) is 5.11 Å². The van der Waals surface area contributed by atoms with E-state index in [1.807, 2.05) is 0 Å². The Kier molecular flexibility index (Phi) is 2.06. The van der Waals surface area contributed by atoms with Gasteiger partial charge in [-0.15, -0.1) is 0 Å². The molecule has 0 bridgehead atoms. The molecule has 15 heavy (non-hydrogen) atoms. The third kappa shape index (κ3) is 1.62. The molecule has 0 aromatic carbocycles. The Hall–Kier alpha value is -1.72. The van der Waals surface area contributed by atoms with E-state index < -0.39 is 17.9 Å². The highest BCUT2D eigenvalue weighted by Gasteiger charge is 2.49. The molecule has 7 heteroatoms. The van der Waals surface area contributed by atoms with Gasteiger partial charge in [0.05, 0.1) is 6.54 Å². The standard InChI is InChI=1S/C8H9N3O4/c1-8(2)14-5-4(3-10-11-9)13-7(12)6(5)15-8/h6H,3H2,1-2H3/t6-/m1/s1. The lowest BCUT2D eigenvalue weighted by Gasteiger charge is -2.17. The van der Waals surface area contributed by atoms with E-state index in [1.54, 1.807) is 13.8 Å². The van der Waals surface area contributed by atoms with Crippen LogP contribution in [-0.4, -0.2) is 24.4 Å². The van der Waals surface area contributed by atoms with E-state index in [4.69, 9.17) is 19.7 Å². The monoisotopic (exact) mass is 211 g/mol. The molecule has 0 saturated carbocycles. The van der Waals surface area contributed by atoms with Crippen molar-refractivity contribution in [1.82, 2.24) is 0 Å². The SMILES string of the molecule is CC1(C)OC2=C(CN=[N+]=[N-])OC(=O)[C@@H]2O1. The summed E-state index contributed by atoms with van der Waals surface area (Å²) in [5, 5.41) is 3.31. The van der Waals surface area contributed by atoms with Gasteiger partial charge in [0.25, 0.3) is 0 Å². The van der Waals surface area contributed by atoms with Crippen LogP contribution in [0.25, 0.3) is 10.4 Å². The summed E-state index contributed by atoms with van der Waals surface area (Å²) in [4.78, 5) is 13.9. The van der Waals surface area contributed by atoms with Crippen LogP contribution < -0.4 is 0 Å². The lowest BCUT2D eigenvalue weighted by atomic mass is 10.3. The predicted octanol–water partition coefficient (Wildman–Crippen LogP) is 1.22. The van der Waals surface area contributed by atoms with Crippen molar-refractivity contribution in [3.63, 3.8) is 0 Å². The maximum absolute atomic E-state index is 11.3. The van der Waals surface area contributed by atoms with Gasteiger partial charge in [0, 0.05) is 18.8 Å². The molecule has 2 rings (SSSR count). The van der Waals surface area contributed by atoms with E-state index >= 15 is 0 Å². The van der Waals surface area contributed by atoms with E-state index in [9.17, 15) is 4.79 Å². The van der Waals surface area contributed by atoms with Gasteiger partial charge in [-0.2, -0.15) is 0 Å². The fourth-order valence-electron chi connectivity index (χ4n) is 1.47. The van der Waals surface area contributed by atoms with Gasteiger partial charge in [-0.3, -0.25) is 0 Å². The van der Waals surface area contributed by atoms with E-state index in [0.717, 1.165) is 0 Å². The maximum Gasteiger partial charge on any atom is 0.348 e. The summed E-state index contributed by atoms with van der Waals surface area (Å²) in [6, 6.07) is 0. The summed E-state index contributed by atoms with van der Waals surface area (Å²) in [5.41, 5.74) is 8.16. The molecule has 80 valence electrons. The number of carbonyl (C=O) groups excluding carboxylic acids is 1. The highest BCUT2D eigenvalue weighted by Crippen LogP contribution is 2.38. The molecule has 0 aromatic heterocycles. The minimum atomic E-state index is -0.846. The average molecular weight is 211 g/mol. The summed E-state index contributed by atoms with van der Waals surface area (Å²) in [6.07, 6.45) is -0.816. The quantitative estimate of drug-likeness (QED) is 0.297. The van der Waals surface area contributed by atoms with Gasteiger partial charge in [-0.05, 0) is 5.53 Å². The van der Waals surface area contributed by atoms with E-state index in [-0.39, 0.29) is 12.3 Å². The first-order chi connectivity index (χ1) is 7.03. The minimum Gasteiger partial charge on any atom is -0.460 e. The Morgan fingerprint density at radius 3 is 3.00 bits per heavy atom. The first-order valence-corrected chi connectivity index (χ1v) is 4.36. The van der Waals surface area contributed by atoms with E-state index in [1.165, 1.54) is 0 Å². The third-order valence-electron chi connectivity index (χ3n) is 1.99. The Morgan fingerprint density at radius 1 is 1.60 bits per heavy atom. The molecule has 7 nitrogen and oxygen atoms in total. The number of azide groups is 1. The lowest BCUT2D eigenvalue weighted by molar-refractivity contribution is -0.168. The van der Waals surface area contributed by atoms with Gasteiger partial charge in [-0.1, -0.05) is 5.11 Å². The molecule has 0 amide bonds. The maximum atomic E-state index is 11.3. The third-order valence-corrected chi connectivity index (χ3v) is 1.99. The average Bonchev–Trinajstić information content (AvgIpc) is 2.60. The second-order valence-corrected chi connectivity index (χ2v) is 3.60. The molecule has 0 radical (unpaired) electrons. The molecule has 1 fully saturated rings. The van der Waals surface area contributed by atoms with Gasteiger partial charge >= 0.3 is 5.97 Å². The van der Waals surface area contributed by atoms with Gasteiger partial charge in [0.2, 0.25) is 11.9 Å². The zero-order chi connectivity index (χ0) is 11.1. The Balaban J connectivity index is 2.27. The van der Waals surface area contributed by atoms with Crippen molar-refractivity contribution in [2.75, 3.05) is 6.54 Å². The molecule has 0 N–H and O–H groups in total. The van der Waals surface area contributed by atoms with Crippen molar-refractivity contribution >= 4 is 5.97 Å². The number of ether oxygens (including phenoxy) is 3. The van der Waals surface area contributed by atoms with Crippen molar-refractivity contribution in [3.8, 4) is 0 Å². The molecular formula is C8H9N3O4. The summed E-state index contributed by atoms with van der Waals surface area (Å²) in [7, 11) is 0. The number of carbonyl (C=O) groups is 1. The second-order valence-electron chi connectivity index (χ2n) is 3.60. The zero-order valence-electron chi connectivity index (χ0n) is 8.26. The van der Waals surface area contributed by atoms with Crippen LogP contribution in [0.4, 0.5) is 0 Å². The first-order valence-electron chi connectivity index (χ1n) is 4.36. The molecule has 2 aliphatic heterocycles. The number of cyclic esters (lactones) is 1. The molecule has 1 atom stereocenters. The number of rotatable bonds is 2. The number of hydrogen-bond donors (Lipinski definition) is 0. The smallest absolute Gasteiger partial charge is 0.348 e. The molecule has 1 saturated heterocycles. The number of nitrogens with zero attached hydrogens (tertiary/aromatic N) is 3. The van der Waals surface area contributed by atoms with Crippen LogP contribution in [0.1, 0.15) is 13.8 Å². The predicted molar refractivity (Wildman–Crippen MR) is 47.2 cm³/mol. The molecule has 0 aliphatic carbocycles. The molecular weight excluding hydrogens is 202 g/mol. The Morgan fingerprint density at radius 2 is 2.33 bits per heavy atom. The highest BCUT2D eigenvalue weighted by molar-refractivity contribution is 5.82. The number of fused-ring (bicyclic) bond motifs is 1. The molecule has 0 spiro atoms. The second kappa shape index (κ2) is 3.15. The molecule has 2 heterocycles. The van der Waals surface area contributed by atoms with Gasteiger partial charge in [0.1, 0.15) is 0 Å². The highest BCUT2D eigenvalue weighted by atomic mass is 16.8. The van der Waals surface area contributed by atoms with E-state index in [0.29, 0.717) is 5.76 Å². The van der Waals surface area contributed by atoms with Gasteiger partial charge in [-0.25, -0.2) is 4.79 Å². The molecule has 0 unspecified atom stereocenters. The first kappa shape index (κ1) is 9.82. The summed E-state index contributed by atoms with van der Waals surface area (Å²) >= 11 is 0. The normalized spacial score (nSPS) is 26.8. The summed E-state index contributed by atoms with van der Waals surface area (Å²) in [6.45, 7) is 3.33. The van der Waals surface area contributed by atoms with Crippen molar-refractivity contribution in [2.45, 2.75) is 25.7 Å². The van der Waals surface area contributed by atoms with Crippen LogP contribution >= 0.6 is 0 Å². The van der Waals surface area contributed by atoms with Crippen LogP contribution in [0.15, 0.2) is 16.6 Å². The molecule has 2 aliphatic rings. The summed E-state index contributed by atoms with van der Waals surface area (Å²) in [5.74, 6) is -0.828. The Labute approximate surface area is 85.2 Å². The zero-order valence-corrected chi connectivity index (χ0v) is 8.26. The lowest BCUT2D eigenvalue weighted by Crippen LogP contribution is -2.25. The van der Waals surface area contributed by atoms with Crippen LogP contribution in [0.3, 0.4) is 0 Å². The number of hydrogen-bond acceptors (Lipinski definition) is 5. The fraction of sp³-hybridized carbons (Fsp3) is 0.625. The van der Waals surface area contributed by atoms with E-state index in [2.05, 4.69) is 10.0 Å². The molecule has 0 aromatic rings. The largest absolute Gasteiger partial charge is 0.460 e. The van der Waals surface area contributed by atoms with Gasteiger partial charge < -0.3 is 14.2 Å². The number of esters is 1. The van der Waals surface area contributed by atoms with Crippen molar-refractivity contribution in [1.29, 1.82) is 0 Å². The van der Waals surface area contributed by atoms with Crippen molar-refractivity contribution < 1.29 is 19.0 Å². The summed E-state index contributed by atoms with van der Waals surface area (Å²) < 4.78 is 15.5. The van der Waals surface area contributed by atoms with Crippen LogP contribution in [0.5, 0.6) is 0 Å². The minimum absolute atomic E-state index is 0.0481. The Bertz CT molecular complexity index is 395.